The molecule has 3 fully saturated rings. The fourth-order valence-electron chi connectivity index (χ4n) is 6.06. The van der Waals surface area contributed by atoms with Gasteiger partial charge in [0.2, 0.25) is 18.3 Å². The molecule has 0 bridgehead atoms. The number of phenolic OH excluding ortho intramolecular Hbond substituents is 1. The molecular formula is C33H48O13. The average Bonchev–Trinajstić information content (AvgIpc) is 3.54. The van der Waals surface area contributed by atoms with Crippen molar-refractivity contribution in [2.75, 3.05) is 48.4 Å². The highest BCUT2D eigenvalue weighted by Gasteiger charge is 2.69. The van der Waals surface area contributed by atoms with E-state index < -0.39 is 12.1 Å². The molecule has 3 N–H and O–H groups in total. The summed E-state index contributed by atoms with van der Waals surface area (Å²) in [4.78, 5) is 12.3. The predicted molar refractivity (Wildman–Crippen MR) is 165 cm³/mol. The van der Waals surface area contributed by atoms with Gasteiger partial charge < -0.3 is 62.7 Å². The molecule has 8 atom stereocenters. The number of carbonyl (C=O) groups is 1. The van der Waals surface area contributed by atoms with Crippen LogP contribution in [0, 0.1) is 11.8 Å². The quantitative estimate of drug-likeness (QED) is 0.302. The highest BCUT2D eigenvalue weighted by Crippen LogP contribution is 2.51. The number of aromatic hydroxyl groups is 1. The van der Waals surface area contributed by atoms with Crippen LogP contribution in [-0.4, -0.2) is 101 Å². The molecule has 46 heavy (non-hydrogen) atoms. The maximum Gasteiger partial charge on any atom is 0.231 e. The van der Waals surface area contributed by atoms with E-state index in [0.29, 0.717) is 37.6 Å². The van der Waals surface area contributed by atoms with Gasteiger partial charge >= 0.3 is 0 Å². The van der Waals surface area contributed by atoms with Crippen molar-refractivity contribution < 1.29 is 62.7 Å². The molecule has 5 aliphatic rings. The normalized spacial score (nSPS) is 34.3. The number of phenols is 1. The summed E-state index contributed by atoms with van der Waals surface area (Å²) in [6.07, 6.45) is 6.53. The number of aliphatic hydroxyl groups excluding tert-OH is 2. The Bertz CT molecular complexity index is 1230. The van der Waals surface area contributed by atoms with E-state index in [1.165, 1.54) is 14.2 Å². The van der Waals surface area contributed by atoms with Crippen molar-refractivity contribution in [3.63, 3.8) is 0 Å². The van der Waals surface area contributed by atoms with Gasteiger partial charge in [-0.1, -0.05) is 19.1 Å². The fourth-order valence-corrected chi connectivity index (χ4v) is 6.06. The van der Waals surface area contributed by atoms with Gasteiger partial charge in [0.15, 0.2) is 35.6 Å². The summed E-state index contributed by atoms with van der Waals surface area (Å²) in [6, 6.07) is 3.45. The lowest BCUT2D eigenvalue weighted by Gasteiger charge is -2.36. The molecule has 1 aliphatic carbocycles. The van der Waals surface area contributed by atoms with Gasteiger partial charge in [-0.25, -0.2) is 0 Å². The van der Waals surface area contributed by atoms with Crippen LogP contribution in [-0.2, 0) is 38.0 Å². The number of hydrogen-bond donors (Lipinski definition) is 3. The van der Waals surface area contributed by atoms with E-state index in [2.05, 4.69) is 0 Å². The lowest BCUT2D eigenvalue weighted by Crippen LogP contribution is -2.52. The van der Waals surface area contributed by atoms with E-state index >= 15 is 0 Å². The molecule has 13 heteroatoms. The first-order valence-corrected chi connectivity index (χ1v) is 14.7. The first kappa shape index (κ1) is 37.3. The molecule has 4 aliphatic heterocycles. The Labute approximate surface area is 270 Å². The first-order valence-electron chi connectivity index (χ1n) is 14.7. The number of benzene rings is 1. The minimum atomic E-state index is -0.744. The second-order valence-electron chi connectivity index (χ2n) is 11.1. The predicted octanol–water partition coefficient (Wildman–Crippen LogP) is 3.52. The Hall–Kier alpha value is -3.17. The molecule has 1 aromatic carbocycles. The minimum absolute atomic E-state index is 0. The third-order valence-electron chi connectivity index (χ3n) is 8.21. The number of aldehydes is 1. The van der Waals surface area contributed by atoms with Crippen LogP contribution in [0.3, 0.4) is 0 Å². The average molecular weight is 653 g/mol. The third-order valence-corrected chi connectivity index (χ3v) is 8.21. The number of aliphatic hydroxyl groups is 2. The number of ether oxygens (including phenoxy) is 9. The molecule has 3 saturated heterocycles. The van der Waals surface area contributed by atoms with Crippen molar-refractivity contribution in [1.82, 2.24) is 0 Å². The SMILES string of the molecule is C.CO.COCC1C/C(C)=C/C2=C(/C=C/C(c3cc(OC)c(O)c(OC)c3)C1C=O)OCO2.C[C@@H]1OCC2OC(O)CC3OC23O1. The van der Waals surface area contributed by atoms with Crippen LogP contribution >= 0.6 is 0 Å². The molecule has 13 nitrogen and oxygen atoms in total. The van der Waals surface area contributed by atoms with E-state index in [-0.39, 0.29) is 67.7 Å². The monoisotopic (exact) mass is 652 g/mol. The van der Waals surface area contributed by atoms with Gasteiger partial charge in [-0.15, -0.1) is 0 Å². The van der Waals surface area contributed by atoms with Gasteiger partial charge in [-0.3, -0.25) is 0 Å². The van der Waals surface area contributed by atoms with Gasteiger partial charge in [0, 0.05) is 32.5 Å². The molecule has 7 unspecified atom stereocenters. The smallest absolute Gasteiger partial charge is 0.231 e. The van der Waals surface area contributed by atoms with Crippen LogP contribution < -0.4 is 9.47 Å². The number of allylic oxidation sites excluding steroid dienone is 4. The summed E-state index contributed by atoms with van der Waals surface area (Å²) < 4.78 is 48.7. The molecule has 6 rings (SSSR count). The summed E-state index contributed by atoms with van der Waals surface area (Å²) >= 11 is 0. The Morgan fingerprint density at radius 2 is 1.72 bits per heavy atom. The zero-order chi connectivity index (χ0) is 32.7. The molecular weight excluding hydrogens is 604 g/mol. The maximum absolute atomic E-state index is 12.3. The fraction of sp³-hybridized carbons (Fsp3) is 0.606. The van der Waals surface area contributed by atoms with Crippen LogP contribution in [0.15, 0.2) is 47.5 Å². The molecule has 4 heterocycles. The van der Waals surface area contributed by atoms with Crippen LogP contribution in [0.1, 0.15) is 45.6 Å². The minimum Gasteiger partial charge on any atom is -0.502 e. The number of rotatable bonds is 6. The molecule has 0 saturated carbocycles. The van der Waals surface area contributed by atoms with Gasteiger partial charge in [0.1, 0.15) is 18.5 Å². The molecule has 0 radical (unpaired) electrons. The van der Waals surface area contributed by atoms with Crippen molar-refractivity contribution in [2.45, 2.75) is 70.6 Å². The highest BCUT2D eigenvalue weighted by molar-refractivity contribution is 5.61. The van der Waals surface area contributed by atoms with E-state index in [1.807, 2.05) is 32.1 Å². The van der Waals surface area contributed by atoms with Gasteiger partial charge in [-0.05, 0) is 56.0 Å². The van der Waals surface area contributed by atoms with Gasteiger partial charge in [-0.2, -0.15) is 0 Å². The highest BCUT2D eigenvalue weighted by atomic mass is 16.9. The van der Waals surface area contributed by atoms with Crippen LogP contribution in [0.5, 0.6) is 17.2 Å². The summed E-state index contributed by atoms with van der Waals surface area (Å²) in [6.45, 7) is 4.84. The zero-order valence-electron chi connectivity index (χ0n) is 26.5. The third kappa shape index (κ3) is 8.03. The summed E-state index contributed by atoms with van der Waals surface area (Å²) in [5, 5.41) is 26.6. The number of hydrogen-bond acceptors (Lipinski definition) is 13. The molecule has 1 aromatic rings. The van der Waals surface area contributed by atoms with E-state index in [1.54, 1.807) is 19.2 Å². The lowest BCUT2D eigenvalue weighted by atomic mass is 9.76. The first-order chi connectivity index (χ1) is 21.7. The topological polar surface area (TPSA) is 164 Å². The largest absolute Gasteiger partial charge is 0.502 e. The standard InChI is InChI=1S/C23H28O7.C8H12O5.CH4O.CH4/c1-14-7-16(12-26-2)18(11-24)17(5-6-19-20(8-14)30-13-29-19)15-9-21(27-3)23(25)22(10-15)28-4;1-4-10-3-6-8(12-4)5(13-8)2-7(9)11-6;1-2;/h5-6,8-11,16-18,25H,7,12-13H2,1-4H3;4-7,9H,2-3H2,1H3;2H,1H3;1H4/b6-5+,14-8+;;;/t;4-,5?,6?,7?,8?;;/m.1../s1. The van der Waals surface area contributed by atoms with Gasteiger partial charge in [0.25, 0.3) is 0 Å². The summed E-state index contributed by atoms with van der Waals surface area (Å²) in [5.41, 5.74) is 1.84. The second-order valence-corrected chi connectivity index (χ2v) is 11.1. The van der Waals surface area contributed by atoms with Crippen LogP contribution in [0.4, 0.5) is 0 Å². The number of carbonyl (C=O) groups excluding carboxylic acids is 1. The molecule has 0 aromatic heterocycles. The Morgan fingerprint density at radius 1 is 1.04 bits per heavy atom. The Morgan fingerprint density at radius 3 is 2.35 bits per heavy atom. The van der Waals surface area contributed by atoms with Crippen LogP contribution in [0.25, 0.3) is 0 Å². The molecule has 0 amide bonds. The Kier molecular flexibility index (Phi) is 13.5. The lowest BCUT2D eigenvalue weighted by molar-refractivity contribution is -0.323. The van der Waals surface area contributed by atoms with E-state index in [4.69, 9.17) is 47.7 Å². The van der Waals surface area contributed by atoms with Crippen molar-refractivity contribution in [3.05, 3.63) is 53.0 Å². The van der Waals surface area contributed by atoms with Gasteiger partial charge in [0.05, 0.1) is 27.4 Å². The number of epoxide rings is 1. The van der Waals surface area contributed by atoms with Crippen molar-refractivity contribution in [1.29, 1.82) is 0 Å². The zero-order valence-corrected chi connectivity index (χ0v) is 26.5. The van der Waals surface area contributed by atoms with Crippen molar-refractivity contribution >= 4 is 6.29 Å². The van der Waals surface area contributed by atoms with E-state index in [9.17, 15) is 15.0 Å². The Balaban J connectivity index is 0.000000297. The molecule has 258 valence electrons. The maximum atomic E-state index is 12.3. The van der Waals surface area contributed by atoms with Crippen molar-refractivity contribution in [2.24, 2.45) is 11.8 Å². The molecule has 1 spiro atoms. The summed E-state index contributed by atoms with van der Waals surface area (Å²) in [7, 11) is 5.58. The number of methoxy groups -OCH3 is 3. The van der Waals surface area contributed by atoms with E-state index in [0.717, 1.165) is 24.5 Å². The second kappa shape index (κ2) is 16.6. The summed E-state index contributed by atoms with van der Waals surface area (Å²) in [5.74, 6) is 0.377. The van der Waals surface area contributed by atoms with Crippen molar-refractivity contribution in [3.8, 4) is 17.2 Å². The van der Waals surface area contributed by atoms with Crippen LogP contribution in [0.2, 0.25) is 0 Å².